The van der Waals surface area contributed by atoms with E-state index in [1.165, 1.54) is 12.4 Å². The van der Waals surface area contributed by atoms with Crippen molar-refractivity contribution in [1.29, 1.82) is 0 Å². The predicted molar refractivity (Wildman–Crippen MR) is 129 cm³/mol. The fourth-order valence-electron chi connectivity index (χ4n) is 4.40. The molecule has 0 aliphatic heterocycles. The molecule has 0 unspecified atom stereocenters. The lowest BCUT2D eigenvalue weighted by molar-refractivity contribution is -0.139. The van der Waals surface area contributed by atoms with Gasteiger partial charge in [0.1, 0.15) is 6.04 Å². The SMILES string of the molecule is O=C(Nc1ccc(C[C@H](NC2=C(Br)C(=O)C23CCCC3)C(=O)O)cc1)c1c(Cl)cncc1Cl. The van der Waals surface area contributed by atoms with Gasteiger partial charge in [-0.2, -0.15) is 0 Å². The number of amides is 1. The summed E-state index contributed by atoms with van der Waals surface area (Å²) in [4.78, 5) is 40.7. The second-order valence-corrected chi connectivity index (χ2v) is 9.78. The number of halogens is 3. The van der Waals surface area contributed by atoms with Crippen molar-refractivity contribution in [3.63, 3.8) is 0 Å². The minimum Gasteiger partial charge on any atom is -0.480 e. The van der Waals surface area contributed by atoms with Crippen LogP contribution in [0.1, 0.15) is 41.6 Å². The highest BCUT2D eigenvalue weighted by Crippen LogP contribution is 2.54. The molecule has 1 fully saturated rings. The number of carbonyl (C=O) groups excluding carboxylic acids is 2. The Balaban J connectivity index is 1.44. The molecule has 4 rings (SSSR count). The summed E-state index contributed by atoms with van der Waals surface area (Å²) in [6.07, 6.45) is 6.29. The second kappa shape index (κ2) is 9.44. The van der Waals surface area contributed by atoms with Gasteiger partial charge in [-0.05, 0) is 46.5 Å². The van der Waals surface area contributed by atoms with E-state index < -0.39 is 23.3 Å². The molecule has 10 heteroatoms. The molecule has 1 heterocycles. The van der Waals surface area contributed by atoms with Crippen LogP contribution in [0, 0.1) is 5.41 Å². The number of hydrogen-bond donors (Lipinski definition) is 3. The Bertz CT molecular complexity index is 1140. The average molecular weight is 553 g/mol. The van der Waals surface area contributed by atoms with Crippen LogP contribution in [0.25, 0.3) is 0 Å². The number of aromatic nitrogens is 1. The summed E-state index contributed by atoms with van der Waals surface area (Å²) in [5, 5.41) is 15.9. The normalized spacial score (nSPS) is 17.6. The van der Waals surface area contributed by atoms with Gasteiger partial charge >= 0.3 is 5.97 Å². The van der Waals surface area contributed by atoms with Crippen LogP contribution in [0.15, 0.2) is 46.8 Å². The maximum atomic E-state index is 12.5. The zero-order chi connectivity index (χ0) is 23.8. The van der Waals surface area contributed by atoms with Crippen LogP contribution in [-0.4, -0.2) is 33.8 Å². The standard InChI is InChI=1S/C23H20BrCl2N3O4/c24-18-19(23(20(18)30)7-1-2-8-23)29-16(22(32)33)9-12-3-5-13(6-4-12)28-21(31)17-14(25)10-27-11-15(17)26/h3-6,10-11,16,29H,1-2,7-9H2,(H,28,31)(H,32,33)/t16-/m0/s1. The molecule has 1 atom stereocenters. The van der Waals surface area contributed by atoms with Crippen LogP contribution in [0.4, 0.5) is 5.69 Å². The van der Waals surface area contributed by atoms with Gasteiger partial charge in [0.25, 0.3) is 5.91 Å². The van der Waals surface area contributed by atoms with Gasteiger partial charge in [0, 0.05) is 30.2 Å². The lowest BCUT2D eigenvalue weighted by Crippen LogP contribution is -2.51. The largest absolute Gasteiger partial charge is 0.480 e. The molecule has 0 bridgehead atoms. The third-order valence-electron chi connectivity index (χ3n) is 6.14. The Morgan fingerprint density at radius 3 is 2.30 bits per heavy atom. The zero-order valence-corrected chi connectivity index (χ0v) is 20.4. The smallest absolute Gasteiger partial charge is 0.326 e. The van der Waals surface area contributed by atoms with Crippen LogP contribution >= 0.6 is 39.1 Å². The number of carboxylic acids is 1. The van der Waals surface area contributed by atoms with E-state index in [2.05, 4.69) is 31.5 Å². The van der Waals surface area contributed by atoms with Gasteiger partial charge in [0.15, 0.2) is 5.78 Å². The lowest BCUT2D eigenvalue weighted by Gasteiger charge is -2.41. The number of anilines is 1. The van der Waals surface area contributed by atoms with E-state index in [1.807, 2.05) is 0 Å². The van der Waals surface area contributed by atoms with Crippen molar-refractivity contribution >= 4 is 62.5 Å². The number of carboxylic acid groups (broad SMARTS) is 1. The summed E-state index contributed by atoms with van der Waals surface area (Å²) >= 11 is 15.4. The van der Waals surface area contributed by atoms with Gasteiger partial charge in [-0.15, -0.1) is 0 Å². The number of rotatable bonds is 7. The van der Waals surface area contributed by atoms with Crippen LogP contribution in [0.5, 0.6) is 0 Å². The lowest BCUT2D eigenvalue weighted by atomic mass is 9.69. The second-order valence-electron chi connectivity index (χ2n) is 8.18. The Kier molecular flexibility index (Phi) is 6.79. The summed E-state index contributed by atoms with van der Waals surface area (Å²) in [6.45, 7) is 0. The summed E-state index contributed by atoms with van der Waals surface area (Å²) in [5.41, 5.74) is 1.54. The molecule has 2 aromatic rings. The van der Waals surface area contributed by atoms with E-state index in [9.17, 15) is 19.5 Å². The minimum atomic E-state index is -1.00. The molecular formula is C23H20BrCl2N3O4. The first kappa shape index (κ1) is 23.7. The summed E-state index contributed by atoms with van der Waals surface area (Å²) in [5.74, 6) is -1.42. The Morgan fingerprint density at radius 1 is 1.12 bits per heavy atom. The van der Waals surface area contributed by atoms with Crippen LogP contribution < -0.4 is 10.6 Å². The third-order valence-corrected chi connectivity index (χ3v) is 7.47. The molecule has 1 aromatic carbocycles. The topological polar surface area (TPSA) is 108 Å². The van der Waals surface area contributed by atoms with E-state index in [0.29, 0.717) is 15.9 Å². The maximum Gasteiger partial charge on any atom is 0.326 e. The molecule has 1 spiro atoms. The molecule has 172 valence electrons. The molecule has 3 N–H and O–H groups in total. The van der Waals surface area contributed by atoms with Crippen LogP contribution in [-0.2, 0) is 16.0 Å². The van der Waals surface area contributed by atoms with Crippen molar-refractivity contribution in [3.05, 3.63) is 68.0 Å². The molecule has 2 aliphatic rings. The summed E-state index contributed by atoms with van der Waals surface area (Å²) in [7, 11) is 0. The number of hydrogen-bond acceptors (Lipinski definition) is 5. The number of nitrogens with zero attached hydrogens (tertiary/aromatic N) is 1. The quantitative estimate of drug-likeness (QED) is 0.447. The molecule has 2 aliphatic carbocycles. The van der Waals surface area contributed by atoms with Crippen LogP contribution in [0.3, 0.4) is 0 Å². The number of benzene rings is 1. The van der Waals surface area contributed by atoms with Gasteiger partial charge in [-0.25, -0.2) is 4.79 Å². The molecule has 1 amide bonds. The van der Waals surface area contributed by atoms with Gasteiger partial charge in [0.05, 0.1) is 25.5 Å². The molecule has 33 heavy (non-hydrogen) atoms. The van der Waals surface area contributed by atoms with E-state index in [4.69, 9.17) is 23.2 Å². The number of carbonyl (C=O) groups is 3. The first-order valence-corrected chi connectivity index (χ1v) is 11.9. The van der Waals surface area contributed by atoms with Crippen molar-refractivity contribution in [2.45, 2.75) is 38.1 Å². The van der Waals surface area contributed by atoms with Crippen molar-refractivity contribution in [2.75, 3.05) is 5.32 Å². The predicted octanol–water partition coefficient (Wildman–Crippen LogP) is 4.98. The van der Waals surface area contributed by atoms with E-state index >= 15 is 0 Å². The number of Topliss-reactive ketones (excluding diaryl/α,β-unsaturated/α-hetero) is 1. The van der Waals surface area contributed by atoms with Crippen molar-refractivity contribution in [2.24, 2.45) is 5.41 Å². The zero-order valence-electron chi connectivity index (χ0n) is 17.3. The monoisotopic (exact) mass is 551 g/mol. The molecule has 1 aromatic heterocycles. The Hall–Kier alpha value is -2.42. The van der Waals surface area contributed by atoms with E-state index in [-0.39, 0.29) is 27.8 Å². The number of allylic oxidation sites excluding steroid dienone is 2. The van der Waals surface area contributed by atoms with Crippen molar-refractivity contribution < 1.29 is 19.5 Å². The van der Waals surface area contributed by atoms with Gasteiger partial charge < -0.3 is 15.7 Å². The van der Waals surface area contributed by atoms with Crippen LogP contribution in [0.2, 0.25) is 10.0 Å². The van der Waals surface area contributed by atoms with Gasteiger partial charge in [-0.1, -0.05) is 48.2 Å². The number of nitrogens with one attached hydrogen (secondary N) is 2. The van der Waals surface area contributed by atoms with E-state index in [0.717, 1.165) is 31.2 Å². The van der Waals surface area contributed by atoms with E-state index in [1.54, 1.807) is 24.3 Å². The number of aliphatic carboxylic acids is 1. The maximum absolute atomic E-state index is 12.5. The number of pyridine rings is 1. The van der Waals surface area contributed by atoms with Crippen molar-refractivity contribution in [1.82, 2.24) is 10.3 Å². The molecule has 1 saturated carbocycles. The highest BCUT2D eigenvalue weighted by molar-refractivity contribution is 9.12. The first-order valence-electron chi connectivity index (χ1n) is 10.4. The summed E-state index contributed by atoms with van der Waals surface area (Å²) < 4.78 is 0.446. The Morgan fingerprint density at radius 2 is 1.73 bits per heavy atom. The van der Waals surface area contributed by atoms with Gasteiger partial charge in [0.2, 0.25) is 0 Å². The molecule has 0 saturated heterocycles. The minimum absolute atomic E-state index is 0.0566. The Labute approximate surface area is 208 Å². The summed E-state index contributed by atoms with van der Waals surface area (Å²) in [6, 6.07) is 5.94. The molecule has 7 nitrogen and oxygen atoms in total. The highest BCUT2D eigenvalue weighted by Gasteiger charge is 2.54. The fourth-order valence-corrected chi connectivity index (χ4v) is 5.81. The highest BCUT2D eigenvalue weighted by atomic mass is 79.9. The van der Waals surface area contributed by atoms with Crippen molar-refractivity contribution in [3.8, 4) is 0 Å². The fraction of sp³-hybridized carbons (Fsp3) is 0.304. The number of ketones is 1. The third kappa shape index (κ3) is 4.52. The molecular weight excluding hydrogens is 533 g/mol. The first-order chi connectivity index (χ1) is 15.7. The van der Waals surface area contributed by atoms with Gasteiger partial charge in [-0.3, -0.25) is 14.6 Å². The molecule has 0 radical (unpaired) electrons. The average Bonchev–Trinajstić information content (AvgIpc) is 3.29.